The number of benzene rings is 1. The molecule has 8 nitrogen and oxygen atoms in total. The van der Waals surface area contributed by atoms with Crippen LogP contribution in [0.5, 0.6) is 17.2 Å². The predicted molar refractivity (Wildman–Crippen MR) is 115 cm³/mol. The monoisotopic (exact) mass is 424 g/mol. The van der Waals surface area contributed by atoms with E-state index in [2.05, 4.69) is 16.4 Å². The molecule has 3 aromatic rings. The highest BCUT2D eigenvalue weighted by Gasteiger charge is 2.33. The van der Waals surface area contributed by atoms with Crippen molar-refractivity contribution in [3.05, 3.63) is 34.4 Å². The number of aromatic nitrogens is 1. The van der Waals surface area contributed by atoms with Gasteiger partial charge in [-0.25, -0.2) is 4.98 Å². The summed E-state index contributed by atoms with van der Waals surface area (Å²) < 4.78 is 17.2. The van der Waals surface area contributed by atoms with Gasteiger partial charge in [-0.1, -0.05) is 0 Å². The summed E-state index contributed by atoms with van der Waals surface area (Å²) >= 11 is 1.41. The molecule has 1 aliphatic rings. The van der Waals surface area contributed by atoms with Crippen molar-refractivity contribution in [2.45, 2.75) is 19.3 Å². The third-order valence-electron chi connectivity index (χ3n) is 5.32. The van der Waals surface area contributed by atoms with Gasteiger partial charge in [-0.3, -0.25) is 4.79 Å². The van der Waals surface area contributed by atoms with E-state index < -0.39 is 0 Å². The van der Waals surface area contributed by atoms with Gasteiger partial charge in [0.1, 0.15) is 16.9 Å². The molecule has 1 atom stereocenters. The lowest BCUT2D eigenvalue weighted by atomic mass is 9.86. The number of rotatable bonds is 4. The summed E-state index contributed by atoms with van der Waals surface area (Å²) in [6.07, 6.45) is 0.234. The average molecular weight is 424 g/mol. The van der Waals surface area contributed by atoms with Gasteiger partial charge < -0.3 is 25.3 Å². The number of ether oxygens (including phenoxy) is 3. The number of amides is 1. The van der Waals surface area contributed by atoms with Crippen LogP contribution in [-0.4, -0.2) is 32.2 Å². The third kappa shape index (κ3) is 2.88. The van der Waals surface area contributed by atoms with Gasteiger partial charge in [0.25, 0.3) is 0 Å². The maximum absolute atomic E-state index is 12.5. The summed E-state index contributed by atoms with van der Waals surface area (Å²) in [5.74, 6) is 1.30. The number of fused-ring (bicyclic) bond motifs is 3. The van der Waals surface area contributed by atoms with Crippen molar-refractivity contribution in [2.75, 3.05) is 32.4 Å². The molecular weight excluding hydrogens is 404 g/mol. The highest BCUT2D eigenvalue weighted by Crippen LogP contribution is 2.50. The SMILES string of the molecule is COc1cc([C@H]2CC(=O)Nc3sc4c(C)c(C#N)c(N)nc4c32)cc(OC)c1OC. The van der Waals surface area contributed by atoms with Crippen molar-refractivity contribution in [1.29, 1.82) is 5.26 Å². The molecular formula is C21H20N4O4S. The Hall–Kier alpha value is -3.51. The van der Waals surface area contributed by atoms with Crippen LogP contribution in [0.4, 0.5) is 10.8 Å². The molecule has 3 heterocycles. The van der Waals surface area contributed by atoms with Crippen LogP contribution >= 0.6 is 11.3 Å². The number of anilines is 2. The maximum atomic E-state index is 12.5. The lowest BCUT2D eigenvalue weighted by molar-refractivity contribution is -0.116. The van der Waals surface area contributed by atoms with E-state index in [0.29, 0.717) is 33.3 Å². The molecule has 1 amide bonds. The molecule has 0 fully saturated rings. The summed E-state index contributed by atoms with van der Waals surface area (Å²) in [7, 11) is 4.64. The fourth-order valence-corrected chi connectivity index (χ4v) is 5.12. The number of nitriles is 1. The Morgan fingerprint density at radius 3 is 2.47 bits per heavy atom. The van der Waals surface area contributed by atoms with Crippen molar-refractivity contribution in [1.82, 2.24) is 4.98 Å². The zero-order valence-corrected chi connectivity index (χ0v) is 17.8. The molecule has 0 spiro atoms. The lowest BCUT2D eigenvalue weighted by Gasteiger charge is -2.25. The molecule has 0 bridgehead atoms. The molecule has 2 aromatic heterocycles. The maximum Gasteiger partial charge on any atom is 0.225 e. The first-order valence-electron chi connectivity index (χ1n) is 9.15. The molecule has 30 heavy (non-hydrogen) atoms. The third-order valence-corrected chi connectivity index (χ3v) is 6.54. The van der Waals surface area contributed by atoms with Crippen molar-refractivity contribution >= 4 is 38.3 Å². The largest absolute Gasteiger partial charge is 0.493 e. The number of nitrogens with one attached hydrogen (secondary N) is 1. The van der Waals surface area contributed by atoms with E-state index in [4.69, 9.17) is 19.9 Å². The van der Waals surface area contributed by atoms with Crippen LogP contribution in [0.1, 0.15) is 34.6 Å². The normalized spacial score (nSPS) is 15.3. The number of methoxy groups -OCH3 is 3. The number of nitrogens with zero attached hydrogens (tertiary/aromatic N) is 2. The first-order valence-corrected chi connectivity index (χ1v) is 9.97. The molecule has 0 saturated carbocycles. The topological polar surface area (TPSA) is 119 Å². The molecule has 154 valence electrons. The van der Waals surface area contributed by atoms with Crippen molar-refractivity contribution in [2.24, 2.45) is 0 Å². The number of thiophene rings is 1. The zero-order chi connectivity index (χ0) is 21.6. The minimum atomic E-state index is -0.282. The van der Waals surface area contributed by atoms with E-state index in [1.54, 1.807) is 21.3 Å². The summed E-state index contributed by atoms with van der Waals surface area (Å²) in [5, 5.41) is 13.1. The number of nitrogen functional groups attached to an aromatic ring is 1. The smallest absolute Gasteiger partial charge is 0.225 e. The Morgan fingerprint density at radius 2 is 1.90 bits per heavy atom. The van der Waals surface area contributed by atoms with Crippen LogP contribution in [0, 0.1) is 18.3 Å². The van der Waals surface area contributed by atoms with E-state index in [1.165, 1.54) is 11.3 Å². The van der Waals surface area contributed by atoms with E-state index in [-0.39, 0.29) is 24.1 Å². The second kappa shape index (κ2) is 7.39. The number of carbonyl (C=O) groups excluding carboxylic acids is 1. The number of hydrogen-bond donors (Lipinski definition) is 2. The fraction of sp³-hybridized carbons (Fsp3) is 0.286. The van der Waals surface area contributed by atoms with E-state index in [9.17, 15) is 10.1 Å². The number of nitrogens with two attached hydrogens (primary N) is 1. The van der Waals surface area contributed by atoms with Gasteiger partial charge in [0.05, 0.1) is 37.1 Å². The Balaban J connectivity index is 1.99. The van der Waals surface area contributed by atoms with Gasteiger partial charge in [0.15, 0.2) is 11.5 Å². The Labute approximate surface area is 177 Å². The van der Waals surface area contributed by atoms with Gasteiger partial charge in [0, 0.05) is 17.9 Å². The predicted octanol–water partition coefficient (Wildman–Crippen LogP) is 3.56. The van der Waals surface area contributed by atoms with Gasteiger partial charge in [-0.2, -0.15) is 5.26 Å². The van der Waals surface area contributed by atoms with Crippen LogP contribution in [0.3, 0.4) is 0 Å². The quantitative estimate of drug-likeness (QED) is 0.657. The first kappa shape index (κ1) is 19.8. The molecule has 9 heteroatoms. The Morgan fingerprint density at radius 1 is 1.23 bits per heavy atom. The zero-order valence-electron chi connectivity index (χ0n) is 17.0. The molecule has 1 aromatic carbocycles. The second-order valence-corrected chi connectivity index (χ2v) is 7.92. The Bertz CT molecular complexity index is 1200. The lowest BCUT2D eigenvalue weighted by Crippen LogP contribution is -2.22. The van der Waals surface area contributed by atoms with Crippen molar-refractivity contribution < 1.29 is 19.0 Å². The van der Waals surface area contributed by atoms with E-state index in [1.807, 2.05) is 19.1 Å². The van der Waals surface area contributed by atoms with Gasteiger partial charge >= 0.3 is 0 Å². The fourth-order valence-electron chi connectivity index (χ4n) is 3.89. The van der Waals surface area contributed by atoms with Crippen LogP contribution in [-0.2, 0) is 4.79 Å². The van der Waals surface area contributed by atoms with Crippen LogP contribution in [0.25, 0.3) is 10.2 Å². The molecule has 4 rings (SSSR count). The highest BCUT2D eigenvalue weighted by atomic mass is 32.1. The summed E-state index contributed by atoms with van der Waals surface area (Å²) in [5.41, 5.74) is 9.59. The second-order valence-electron chi connectivity index (χ2n) is 6.89. The summed E-state index contributed by atoms with van der Waals surface area (Å²) in [6, 6.07) is 5.81. The highest BCUT2D eigenvalue weighted by molar-refractivity contribution is 7.23. The first-order chi connectivity index (χ1) is 14.4. The Kier molecular flexibility index (Phi) is 4.87. The van der Waals surface area contributed by atoms with Gasteiger partial charge in [0.2, 0.25) is 11.7 Å². The molecule has 3 N–H and O–H groups in total. The van der Waals surface area contributed by atoms with Crippen molar-refractivity contribution in [3.8, 4) is 23.3 Å². The van der Waals surface area contributed by atoms with Gasteiger partial charge in [-0.05, 0) is 30.2 Å². The minimum Gasteiger partial charge on any atom is -0.493 e. The molecule has 0 saturated heterocycles. The molecule has 1 aliphatic heterocycles. The summed E-state index contributed by atoms with van der Waals surface area (Å²) in [6.45, 7) is 1.84. The number of pyridine rings is 1. The van der Waals surface area contributed by atoms with Gasteiger partial charge in [-0.15, -0.1) is 11.3 Å². The molecule has 0 unspecified atom stereocenters. The van der Waals surface area contributed by atoms with Crippen LogP contribution in [0.15, 0.2) is 12.1 Å². The number of hydrogen-bond acceptors (Lipinski definition) is 8. The van der Waals surface area contributed by atoms with E-state index >= 15 is 0 Å². The minimum absolute atomic E-state index is 0.0982. The van der Waals surface area contributed by atoms with Crippen molar-refractivity contribution in [3.63, 3.8) is 0 Å². The van der Waals surface area contributed by atoms with Crippen LogP contribution < -0.4 is 25.3 Å². The standard InChI is InChI=1S/C21H20N4O4S/c1-9-12(8-22)20(23)25-17-16-11(7-15(26)24-21(16)30-19(9)17)10-5-13(27-2)18(29-4)14(6-10)28-3/h5-6,11H,7H2,1-4H3,(H2,23,25)(H,24,26)/t11-/m1/s1. The number of aryl methyl sites for hydroxylation is 1. The number of carbonyl (C=O) groups is 1. The van der Waals surface area contributed by atoms with E-state index in [0.717, 1.165) is 21.4 Å². The molecule has 0 aliphatic carbocycles. The average Bonchev–Trinajstić information content (AvgIpc) is 3.10. The van der Waals surface area contributed by atoms with Crippen LogP contribution in [0.2, 0.25) is 0 Å². The summed E-state index contributed by atoms with van der Waals surface area (Å²) in [4.78, 5) is 17.0. The molecule has 0 radical (unpaired) electrons.